The first-order valence-corrected chi connectivity index (χ1v) is 11.9. The van der Waals surface area contributed by atoms with Gasteiger partial charge in [0, 0.05) is 16.5 Å². The third kappa shape index (κ3) is 2.38. The molecule has 0 spiro atoms. The molecule has 5 unspecified atom stereocenters. The molecule has 3 heteroatoms. The Labute approximate surface area is 186 Å². The number of phenolic OH excluding ortho intramolecular Hbond substituents is 2. The molecule has 5 atom stereocenters. The van der Waals surface area contributed by atoms with Crippen molar-refractivity contribution in [3.8, 4) is 11.5 Å². The molecule has 0 saturated heterocycles. The van der Waals surface area contributed by atoms with Gasteiger partial charge < -0.3 is 10.2 Å². The highest BCUT2D eigenvalue weighted by atomic mass is 16.3. The largest absolute Gasteiger partial charge is 0.504 e. The minimum Gasteiger partial charge on any atom is -0.504 e. The van der Waals surface area contributed by atoms with E-state index >= 15 is 0 Å². The predicted octanol–water partition coefficient (Wildman–Crippen LogP) is 6.75. The van der Waals surface area contributed by atoms with Crippen LogP contribution in [0.15, 0.2) is 29.9 Å². The first kappa shape index (κ1) is 20.8. The van der Waals surface area contributed by atoms with Gasteiger partial charge in [-0.1, -0.05) is 39.8 Å². The highest BCUT2D eigenvalue weighted by Crippen LogP contribution is 2.73. The number of allylic oxidation sites excluding steroid dienone is 3. The van der Waals surface area contributed by atoms with Gasteiger partial charge in [0.1, 0.15) is 0 Å². The molecule has 0 aliphatic heterocycles. The van der Waals surface area contributed by atoms with Gasteiger partial charge in [-0.2, -0.15) is 0 Å². The summed E-state index contributed by atoms with van der Waals surface area (Å²) in [6.07, 6.45) is 9.71. The summed E-state index contributed by atoms with van der Waals surface area (Å²) in [5, 5.41) is 20.7. The van der Waals surface area contributed by atoms with Gasteiger partial charge in [-0.15, -0.1) is 0 Å². The van der Waals surface area contributed by atoms with Gasteiger partial charge in [-0.05, 0) is 97.3 Å². The fourth-order valence-corrected chi connectivity index (χ4v) is 8.26. The summed E-state index contributed by atoms with van der Waals surface area (Å²) in [4.78, 5) is 13.4. The normalized spacial score (nSPS) is 41.6. The summed E-state index contributed by atoms with van der Waals surface area (Å²) in [6.45, 7) is 15.7. The van der Waals surface area contributed by atoms with E-state index in [9.17, 15) is 15.0 Å². The molecule has 5 rings (SSSR count). The predicted molar refractivity (Wildman–Crippen MR) is 124 cm³/mol. The number of aromatic hydroxyl groups is 2. The van der Waals surface area contributed by atoms with Gasteiger partial charge >= 0.3 is 0 Å². The Hall–Kier alpha value is -2.03. The molecule has 0 aromatic heterocycles. The smallest absolute Gasteiger partial charge is 0.186 e. The fraction of sp³-hybridized carbons (Fsp3) is 0.607. The van der Waals surface area contributed by atoms with E-state index in [1.165, 1.54) is 24.0 Å². The van der Waals surface area contributed by atoms with E-state index in [4.69, 9.17) is 0 Å². The number of rotatable bonds is 0. The van der Waals surface area contributed by atoms with Crippen LogP contribution in [0, 0.1) is 29.1 Å². The molecule has 0 bridgehead atoms. The number of benzene rings is 1. The Bertz CT molecular complexity index is 1060. The summed E-state index contributed by atoms with van der Waals surface area (Å²) in [7, 11) is 0. The van der Waals surface area contributed by atoms with Gasteiger partial charge in [0.25, 0.3) is 0 Å². The van der Waals surface area contributed by atoms with Gasteiger partial charge in [0.15, 0.2) is 17.3 Å². The van der Waals surface area contributed by atoms with Gasteiger partial charge in [0.2, 0.25) is 0 Å². The van der Waals surface area contributed by atoms with E-state index in [0.29, 0.717) is 22.5 Å². The van der Waals surface area contributed by atoms with Crippen LogP contribution in [0.3, 0.4) is 0 Å². The molecule has 4 aliphatic rings. The Morgan fingerprint density at radius 1 is 1.03 bits per heavy atom. The van der Waals surface area contributed by atoms with E-state index in [1.54, 1.807) is 13.0 Å². The van der Waals surface area contributed by atoms with E-state index in [-0.39, 0.29) is 33.5 Å². The lowest BCUT2D eigenvalue weighted by Crippen LogP contribution is -2.61. The summed E-state index contributed by atoms with van der Waals surface area (Å²) < 4.78 is 0. The molecule has 1 aromatic rings. The standard InChI is InChI=1S/C28H36O3/c1-16-7-8-25(3)9-11-28(6)22-15-19(29)23-17(2)24(31)20(30)14-18(23)26(22,4)10-12-27(28,5)21(25)13-16/h14-15,21,30-31H,1,7-13H2,2-6H3. The molecule has 0 amide bonds. The van der Waals surface area contributed by atoms with Crippen LogP contribution in [-0.2, 0) is 5.41 Å². The number of carbonyl (C=O) groups is 1. The van der Waals surface area contributed by atoms with Crippen LogP contribution in [0.25, 0.3) is 0 Å². The van der Waals surface area contributed by atoms with Crippen molar-refractivity contribution in [1.82, 2.24) is 0 Å². The number of carbonyl (C=O) groups excluding carboxylic acids is 1. The lowest BCUT2D eigenvalue weighted by molar-refractivity contribution is -0.129. The topological polar surface area (TPSA) is 57.5 Å². The average molecular weight is 421 g/mol. The van der Waals surface area contributed by atoms with Crippen LogP contribution >= 0.6 is 0 Å². The fourth-order valence-electron chi connectivity index (χ4n) is 8.26. The lowest BCUT2D eigenvalue weighted by Gasteiger charge is -2.68. The first-order valence-electron chi connectivity index (χ1n) is 11.9. The van der Waals surface area contributed by atoms with Crippen molar-refractivity contribution in [3.05, 3.63) is 46.6 Å². The van der Waals surface area contributed by atoms with Gasteiger partial charge in [-0.25, -0.2) is 0 Å². The maximum Gasteiger partial charge on any atom is 0.186 e. The molecule has 3 saturated carbocycles. The molecular weight excluding hydrogens is 384 g/mol. The molecule has 0 heterocycles. The van der Waals surface area contributed by atoms with Crippen LogP contribution in [0.5, 0.6) is 11.5 Å². The molecule has 2 N–H and O–H groups in total. The molecule has 0 radical (unpaired) electrons. The van der Waals surface area contributed by atoms with Crippen molar-refractivity contribution >= 4 is 5.78 Å². The zero-order chi connectivity index (χ0) is 22.6. The third-order valence-electron chi connectivity index (χ3n) is 10.6. The van der Waals surface area contributed by atoms with E-state index < -0.39 is 0 Å². The van der Waals surface area contributed by atoms with E-state index in [1.807, 2.05) is 6.08 Å². The Balaban J connectivity index is 1.70. The molecular formula is C28H36O3. The van der Waals surface area contributed by atoms with E-state index in [0.717, 1.165) is 37.7 Å². The molecule has 4 aliphatic carbocycles. The highest BCUT2D eigenvalue weighted by Gasteiger charge is 2.65. The second-order valence-electron chi connectivity index (χ2n) is 12.0. The molecule has 31 heavy (non-hydrogen) atoms. The Morgan fingerprint density at radius 3 is 2.45 bits per heavy atom. The molecule has 1 aromatic carbocycles. The van der Waals surface area contributed by atoms with Crippen molar-refractivity contribution in [3.63, 3.8) is 0 Å². The summed E-state index contributed by atoms with van der Waals surface area (Å²) in [5.41, 5.74) is 4.69. The minimum atomic E-state index is -0.299. The Kier molecular flexibility index (Phi) is 4.07. The maximum absolute atomic E-state index is 13.4. The minimum absolute atomic E-state index is 0.0258. The third-order valence-corrected chi connectivity index (χ3v) is 10.6. The zero-order valence-electron chi connectivity index (χ0n) is 19.7. The van der Waals surface area contributed by atoms with Crippen LogP contribution in [0.2, 0.25) is 0 Å². The lowest BCUT2D eigenvalue weighted by atomic mass is 9.35. The maximum atomic E-state index is 13.4. The number of fused-ring (bicyclic) bond motifs is 7. The van der Waals surface area contributed by atoms with Gasteiger partial charge in [-0.3, -0.25) is 4.79 Å². The zero-order valence-corrected chi connectivity index (χ0v) is 19.7. The van der Waals surface area contributed by atoms with E-state index in [2.05, 4.69) is 34.3 Å². The SMILES string of the molecule is C=C1CCC2(C)CCC3(C)C4=CC(=O)c5c(cc(O)c(O)c5C)C4(C)CCC3(C)C2C1. The number of hydrogen-bond acceptors (Lipinski definition) is 3. The number of phenols is 2. The second-order valence-corrected chi connectivity index (χ2v) is 12.0. The molecule has 166 valence electrons. The Morgan fingerprint density at radius 2 is 1.74 bits per heavy atom. The molecule has 3 nitrogen and oxygen atoms in total. The summed E-state index contributed by atoms with van der Waals surface area (Å²) in [6, 6.07) is 1.66. The monoisotopic (exact) mass is 420 g/mol. The molecule has 3 fully saturated rings. The van der Waals surface area contributed by atoms with Crippen LogP contribution in [-0.4, -0.2) is 16.0 Å². The van der Waals surface area contributed by atoms with Crippen molar-refractivity contribution < 1.29 is 15.0 Å². The average Bonchev–Trinajstić information content (AvgIpc) is 2.71. The summed E-state index contributed by atoms with van der Waals surface area (Å²) in [5.74, 6) is 0.261. The number of hydrogen-bond donors (Lipinski definition) is 2. The first-order chi connectivity index (χ1) is 14.4. The highest BCUT2D eigenvalue weighted by molar-refractivity contribution is 6.10. The van der Waals surface area contributed by atoms with Crippen molar-refractivity contribution in [2.24, 2.45) is 22.2 Å². The van der Waals surface area contributed by atoms with Gasteiger partial charge in [0.05, 0.1) is 0 Å². The van der Waals surface area contributed by atoms with Crippen molar-refractivity contribution in [2.75, 3.05) is 0 Å². The quantitative estimate of drug-likeness (QED) is 0.360. The van der Waals surface area contributed by atoms with Crippen molar-refractivity contribution in [1.29, 1.82) is 0 Å². The van der Waals surface area contributed by atoms with Crippen LogP contribution < -0.4 is 0 Å². The summed E-state index contributed by atoms with van der Waals surface area (Å²) >= 11 is 0. The number of ketones is 1. The van der Waals surface area contributed by atoms with Crippen molar-refractivity contribution in [2.45, 2.75) is 85.0 Å². The second kappa shape index (κ2) is 6.05. The van der Waals surface area contributed by atoms with Crippen LogP contribution in [0.4, 0.5) is 0 Å². The van der Waals surface area contributed by atoms with Crippen LogP contribution in [0.1, 0.15) is 94.1 Å².